The Balaban J connectivity index is 3.12. The van der Waals surface area contributed by atoms with Crippen molar-refractivity contribution in [3.8, 4) is 5.75 Å². The van der Waals surface area contributed by atoms with Crippen LogP contribution < -0.4 is 10.5 Å². The van der Waals surface area contributed by atoms with E-state index >= 15 is 0 Å². The zero-order chi connectivity index (χ0) is 9.84. The first kappa shape index (κ1) is 10.5. The van der Waals surface area contributed by atoms with Gasteiger partial charge >= 0.3 is 0 Å². The van der Waals surface area contributed by atoms with Crippen LogP contribution in [0.25, 0.3) is 0 Å². The number of methoxy groups -OCH3 is 1. The molecule has 4 heteroatoms. The van der Waals surface area contributed by atoms with Gasteiger partial charge < -0.3 is 15.6 Å². The van der Waals surface area contributed by atoms with E-state index in [1.54, 1.807) is 7.11 Å². The molecule has 0 radical (unpaired) electrons. The second kappa shape index (κ2) is 4.60. The normalized spacial score (nSPS) is 12.6. The van der Waals surface area contributed by atoms with Crippen molar-refractivity contribution >= 4 is 15.9 Å². The van der Waals surface area contributed by atoms with Gasteiger partial charge in [-0.1, -0.05) is 12.1 Å². The van der Waals surface area contributed by atoms with Crippen molar-refractivity contribution in [3.63, 3.8) is 0 Å². The fourth-order valence-electron chi connectivity index (χ4n) is 1.13. The van der Waals surface area contributed by atoms with Gasteiger partial charge in [0.25, 0.3) is 0 Å². The molecule has 0 aliphatic carbocycles. The van der Waals surface area contributed by atoms with E-state index in [1.165, 1.54) is 0 Å². The number of aliphatic hydroxyl groups excluding tert-OH is 1. The number of benzene rings is 1. The summed E-state index contributed by atoms with van der Waals surface area (Å²) in [7, 11) is 1.58. The van der Waals surface area contributed by atoms with Crippen LogP contribution in [0.1, 0.15) is 11.6 Å². The van der Waals surface area contributed by atoms with E-state index in [0.717, 1.165) is 10.0 Å². The molecule has 1 aromatic carbocycles. The Morgan fingerprint density at radius 1 is 1.62 bits per heavy atom. The Morgan fingerprint density at radius 3 is 2.85 bits per heavy atom. The quantitative estimate of drug-likeness (QED) is 0.848. The monoisotopic (exact) mass is 245 g/mol. The number of ether oxygens (including phenoxy) is 1. The van der Waals surface area contributed by atoms with Crippen LogP contribution in [0.5, 0.6) is 5.75 Å². The van der Waals surface area contributed by atoms with Gasteiger partial charge in [0.2, 0.25) is 0 Å². The molecule has 0 saturated carbocycles. The maximum Gasteiger partial charge on any atom is 0.137 e. The number of halogens is 1. The molecule has 0 unspecified atom stereocenters. The average molecular weight is 246 g/mol. The highest BCUT2D eigenvalue weighted by Gasteiger charge is 2.12. The van der Waals surface area contributed by atoms with Gasteiger partial charge in [0, 0.05) is 5.56 Å². The minimum absolute atomic E-state index is 0.0905. The summed E-state index contributed by atoms with van der Waals surface area (Å²) in [5.41, 5.74) is 6.49. The molecule has 3 nitrogen and oxygen atoms in total. The molecule has 0 heterocycles. The van der Waals surface area contributed by atoms with Crippen molar-refractivity contribution in [2.75, 3.05) is 13.7 Å². The second-order valence-electron chi connectivity index (χ2n) is 2.65. The Kier molecular flexibility index (Phi) is 3.71. The van der Waals surface area contributed by atoms with Gasteiger partial charge in [0.15, 0.2) is 0 Å². The van der Waals surface area contributed by atoms with Crippen molar-refractivity contribution in [1.82, 2.24) is 0 Å². The van der Waals surface area contributed by atoms with E-state index in [0.29, 0.717) is 5.75 Å². The van der Waals surface area contributed by atoms with Crippen LogP contribution in [0.3, 0.4) is 0 Å². The molecule has 0 spiro atoms. The molecule has 0 bridgehead atoms. The number of aliphatic hydroxyl groups is 1. The summed E-state index contributed by atoms with van der Waals surface area (Å²) in [6.45, 7) is -0.0905. The third kappa shape index (κ3) is 2.21. The van der Waals surface area contributed by atoms with E-state index in [9.17, 15) is 0 Å². The van der Waals surface area contributed by atoms with Crippen LogP contribution in [-0.2, 0) is 0 Å². The molecule has 3 N–H and O–H groups in total. The fraction of sp³-hybridized carbons (Fsp3) is 0.333. The average Bonchev–Trinajstić information content (AvgIpc) is 2.16. The van der Waals surface area contributed by atoms with Crippen LogP contribution in [0.15, 0.2) is 22.7 Å². The van der Waals surface area contributed by atoms with Crippen molar-refractivity contribution < 1.29 is 9.84 Å². The van der Waals surface area contributed by atoms with Gasteiger partial charge in [0.1, 0.15) is 5.75 Å². The van der Waals surface area contributed by atoms with E-state index < -0.39 is 6.04 Å². The highest BCUT2D eigenvalue weighted by molar-refractivity contribution is 9.10. The number of rotatable bonds is 3. The third-order valence-electron chi connectivity index (χ3n) is 1.80. The fourth-order valence-corrected chi connectivity index (χ4v) is 1.67. The van der Waals surface area contributed by atoms with E-state index in [1.807, 2.05) is 18.2 Å². The Labute approximate surface area is 85.6 Å². The molecule has 1 atom stereocenters. The number of hydrogen-bond acceptors (Lipinski definition) is 3. The zero-order valence-corrected chi connectivity index (χ0v) is 8.91. The predicted octanol–water partition coefficient (Wildman–Crippen LogP) is 1.45. The number of para-hydroxylation sites is 1. The summed E-state index contributed by atoms with van der Waals surface area (Å²) in [5.74, 6) is 0.684. The zero-order valence-electron chi connectivity index (χ0n) is 7.33. The smallest absolute Gasteiger partial charge is 0.137 e. The first-order valence-electron chi connectivity index (χ1n) is 3.89. The first-order chi connectivity index (χ1) is 6.20. The van der Waals surface area contributed by atoms with Crippen molar-refractivity contribution in [3.05, 3.63) is 28.2 Å². The van der Waals surface area contributed by atoms with Gasteiger partial charge in [-0.3, -0.25) is 0 Å². The maximum atomic E-state index is 8.90. The summed E-state index contributed by atoms with van der Waals surface area (Å²) in [6, 6.07) is 5.17. The molecular formula is C9H12BrNO2. The lowest BCUT2D eigenvalue weighted by Crippen LogP contribution is -2.15. The van der Waals surface area contributed by atoms with Crippen LogP contribution in [0, 0.1) is 0 Å². The molecule has 13 heavy (non-hydrogen) atoms. The molecule has 1 rings (SSSR count). The summed E-state index contributed by atoms with van der Waals surface area (Å²) in [6.07, 6.45) is 0. The lowest BCUT2D eigenvalue weighted by atomic mass is 10.1. The van der Waals surface area contributed by atoms with Crippen LogP contribution >= 0.6 is 15.9 Å². The molecule has 0 saturated heterocycles. The number of hydrogen-bond donors (Lipinski definition) is 2. The van der Waals surface area contributed by atoms with E-state index in [4.69, 9.17) is 15.6 Å². The molecule has 1 aromatic rings. The highest BCUT2D eigenvalue weighted by Crippen LogP contribution is 2.31. The van der Waals surface area contributed by atoms with Gasteiger partial charge in [-0.25, -0.2) is 0 Å². The lowest BCUT2D eigenvalue weighted by molar-refractivity contribution is 0.264. The molecule has 0 aromatic heterocycles. The van der Waals surface area contributed by atoms with Gasteiger partial charge in [-0.15, -0.1) is 0 Å². The molecule has 0 aliphatic heterocycles. The van der Waals surface area contributed by atoms with Gasteiger partial charge in [0.05, 0.1) is 24.2 Å². The molecule has 0 fully saturated rings. The highest BCUT2D eigenvalue weighted by atomic mass is 79.9. The summed E-state index contributed by atoms with van der Waals surface area (Å²) in [5, 5.41) is 8.90. The Morgan fingerprint density at radius 2 is 2.31 bits per heavy atom. The van der Waals surface area contributed by atoms with Crippen molar-refractivity contribution in [1.29, 1.82) is 0 Å². The second-order valence-corrected chi connectivity index (χ2v) is 3.51. The minimum atomic E-state index is -0.396. The SMILES string of the molecule is COc1c(Br)cccc1[C@H](N)CO. The third-order valence-corrected chi connectivity index (χ3v) is 2.42. The van der Waals surface area contributed by atoms with Crippen LogP contribution in [0.4, 0.5) is 0 Å². The first-order valence-corrected chi connectivity index (χ1v) is 4.68. The van der Waals surface area contributed by atoms with Crippen molar-refractivity contribution in [2.24, 2.45) is 5.73 Å². The van der Waals surface area contributed by atoms with Crippen LogP contribution in [0.2, 0.25) is 0 Å². The van der Waals surface area contributed by atoms with Gasteiger partial charge in [-0.05, 0) is 22.0 Å². The number of nitrogens with two attached hydrogens (primary N) is 1. The summed E-state index contributed by atoms with van der Waals surface area (Å²) >= 11 is 3.34. The lowest BCUT2D eigenvalue weighted by Gasteiger charge is -2.14. The topological polar surface area (TPSA) is 55.5 Å². The van der Waals surface area contributed by atoms with E-state index in [-0.39, 0.29) is 6.61 Å². The molecule has 0 amide bonds. The standard InChI is InChI=1S/C9H12BrNO2/c1-13-9-6(8(11)5-12)3-2-4-7(9)10/h2-4,8,12H,5,11H2,1H3/t8-/m1/s1. The van der Waals surface area contributed by atoms with Crippen LogP contribution in [-0.4, -0.2) is 18.8 Å². The minimum Gasteiger partial charge on any atom is -0.495 e. The molecule has 0 aliphatic rings. The summed E-state index contributed by atoms with van der Waals surface area (Å²) in [4.78, 5) is 0. The van der Waals surface area contributed by atoms with Crippen molar-refractivity contribution in [2.45, 2.75) is 6.04 Å². The van der Waals surface area contributed by atoms with E-state index in [2.05, 4.69) is 15.9 Å². The Bertz CT molecular complexity index is 291. The Hall–Kier alpha value is -0.580. The molecule has 72 valence electrons. The maximum absolute atomic E-state index is 8.90. The summed E-state index contributed by atoms with van der Waals surface area (Å²) < 4.78 is 6.00. The largest absolute Gasteiger partial charge is 0.495 e. The van der Waals surface area contributed by atoms with Gasteiger partial charge in [-0.2, -0.15) is 0 Å². The molecular weight excluding hydrogens is 234 g/mol. The predicted molar refractivity (Wildman–Crippen MR) is 54.7 cm³/mol.